The van der Waals surface area contributed by atoms with Crippen LogP contribution in [0.1, 0.15) is 25.7 Å². The Bertz CT molecular complexity index is 239. The number of likely N-dealkylation sites (tertiary alicyclic amines) is 1. The molecule has 1 N–H and O–H groups in total. The zero-order valence-corrected chi connectivity index (χ0v) is 10.1. The third kappa shape index (κ3) is 2.95. The number of carbonyl (C=O) groups excluding carboxylic acids is 1. The van der Waals surface area contributed by atoms with Gasteiger partial charge in [-0.05, 0) is 44.7 Å². The topological polar surface area (TPSA) is 41.6 Å². The van der Waals surface area contributed by atoms with Gasteiger partial charge in [0.1, 0.15) is 0 Å². The van der Waals surface area contributed by atoms with Crippen LogP contribution < -0.4 is 5.32 Å². The molecular weight excluding hydrogens is 204 g/mol. The molecular formula is C12H22N2O2. The molecule has 0 aromatic rings. The van der Waals surface area contributed by atoms with Crippen molar-refractivity contribution in [2.24, 2.45) is 5.92 Å². The van der Waals surface area contributed by atoms with Gasteiger partial charge in [0.15, 0.2) is 0 Å². The lowest BCUT2D eigenvalue weighted by Gasteiger charge is -2.35. The van der Waals surface area contributed by atoms with Gasteiger partial charge in [0, 0.05) is 12.6 Å². The lowest BCUT2D eigenvalue weighted by molar-refractivity contribution is -0.142. The summed E-state index contributed by atoms with van der Waals surface area (Å²) >= 11 is 0. The number of hydrogen-bond acceptors (Lipinski definition) is 4. The van der Waals surface area contributed by atoms with Crippen molar-refractivity contribution in [2.45, 2.75) is 31.7 Å². The second-order valence-electron chi connectivity index (χ2n) is 4.92. The van der Waals surface area contributed by atoms with Crippen molar-refractivity contribution in [3.05, 3.63) is 0 Å². The van der Waals surface area contributed by atoms with E-state index in [4.69, 9.17) is 4.74 Å². The maximum absolute atomic E-state index is 11.2. The number of nitrogens with zero attached hydrogens (tertiary/aromatic N) is 1. The predicted octanol–water partition coefficient (Wildman–Crippen LogP) is 0.623. The van der Waals surface area contributed by atoms with Crippen LogP contribution in [0.5, 0.6) is 0 Å². The number of ether oxygens (including phenoxy) is 1. The van der Waals surface area contributed by atoms with Crippen LogP contribution in [0, 0.1) is 5.92 Å². The zero-order chi connectivity index (χ0) is 11.4. The van der Waals surface area contributed by atoms with E-state index >= 15 is 0 Å². The van der Waals surface area contributed by atoms with E-state index in [0.29, 0.717) is 12.6 Å². The molecule has 0 bridgehead atoms. The van der Waals surface area contributed by atoms with Gasteiger partial charge >= 0.3 is 5.97 Å². The lowest BCUT2D eigenvalue weighted by atomic mass is 9.90. The Labute approximate surface area is 97.3 Å². The standard InChI is InChI=1S/C12H22N2O2/c1-16-12(15)9-14-7-3-4-10(8-14)11-5-2-6-13-11/h10-11,13H,2-9H2,1H3. The highest BCUT2D eigenvalue weighted by Gasteiger charge is 2.29. The first-order valence-corrected chi connectivity index (χ1v) is 6.32. The molecule has 16 heavy (non-hydrogen) atoms. The van der Waals surface area contributed by atoms with E-state index in [1.807, 2.05) is 0 Å². The van der Waals surface area contributed by atoms with Crippen molar-refractivity contribution in [3.63, 3.8) is 0 Å². The highest BCUT2D eigenvalue weighted by molar-refractivity contribution is 5.71. The number of methoxy groups -OCH3 is 1. The molecule has 0 spiro atoms. The van der Waals surface area contributed by atoms with Crippen molar-refractivity contribution in [1.82, 2.24) is 10.2 Å². The summed E-state index contributed by atoms with van der Waals surface area (Å²) < 4.78 is 4.72. The average molecular weight is 226 g/mol. The van der Waals surface area contributed by atoms with Gasteiger partial charge in [-0.15, -0.1) is 0 Å². The second-order valence-corrected chi connectivity index (χ2v) is 4.92. The minimum atomic E-state index is -0.111. The highest BCUT2D eigenvalue weighted by Crippen LogP contribution is 2.24. The van der Waals surface area contributed by atoms with Crippen molar-refractivity contribution in [1.29, 1.82) is 0 Å². The van der Waals surface area contributed by atoms with Gasteiger partial charge in [-0.2, -0.15) is 0 Å². The maximum Gasteiger partial charge on any atom is 0.319 e. The van der Waals surface area contributed by atoms with Gasteiger partial charge < -0.3 is 10.1 Å². The average Bonchev–Trinajstić information content (AvgIpc) is 2.83. The Hall–Kier alpha value is -0.610. The maximum atomic E-state index is 11.2. The Morgan fingerprint density at radius 1 is 1.44 bits per heavy atom. The van der Waals surface area contributed by atoms with E-state index < -0.39 is 0 Å². The van der Waals surface area contributed by atoms with Crippen LogP contribution in [-0.4, -0.2) is 50.2 Å². The van der Waals surface area contributed by atoms with Gasteiger partial charge in [0.2, 0.25) is 0 Å². The zero-order valence-electron chi connectivity index (χ0n) is 10.1. The summed E-state index contributed by atoms with van der Waals surface area (Å²) in [6.45, 7) is 3.71. The summed E-state index contributed by atoms with van der Waals surface area (Å²) in [4.78, 5) is 13.5. The molecule has 0 radical (unpaired) electrons. The number of esters is 1. The molecule has 92 valence electrons. The van der Waals surface area contributed by atoms with Gasteiger partial charge in [0.25, 0.3) is 0 Å². The molecule has 2 unspecified atom stereocenters. The SMILES string of the molecule is COC(=O)CN1CCCC(C2CCCN2)C1. The van der Waals surface area contributed by atoms with Gasteiger partial charge in [0.05, 0.1) is 13.7 Å². The first-order valence-electron chi connectivity index (χ1n) is 6.32. The number of hydrogen-bond donors (Lipinski definition) is 1. The van der Waals surface area contributed by atoms with Crippen LogP contribution in [0.25, 0.3) is 0 Å². The number of rotatable bonds is 3. The minimum absolute atomic E-state index is 0.111. The van der Waals surface area contributed by atoms with Crippen LogP contribution in [-0.2, 0) is 9.53 Å². The molecule has 0 amide bonds. The molecule has 2 fully saturated rings. The quantitative estimate of drug-likeness (QED) is 0.716. The fraction of sp³-hybridized carbons (Fsp3) is 0.917. The summed E-state index contributed by atoms with van der Waals surface area (Å²) in [6, 6.07) is 0.681. The molecule has 0 aromatic heterocycles. The van der Waals surface area contributed by atoms with Gasteiger partial charge in [-0.3, -0.25) is 9.69 Å². The second kappa shape index (κ2) is 5.64. The smallest absolute Gasteiger partial charge is 0.319 e. The Kier molecular flexibility index (Phi) is 4.18. The highest BCUT2D eigenvalue weighted by atomic mass is 16.5. The molecule has 2 saturated heterocycles. The Morgan fingerprint density at radius 2 is 2.31 bits per heavy atom. The fourth-order valence-electron chi connectivity index (χ4n) is 2.92. The minimum Gasteiger partial charge on any atom is -0.468 e. The molecule has 2 aliphatic rings. The molecule has 4 heteroatoms. The van der Waals surface area contributed by atoms with Crippen LogP contribution >= 0.6 is 0 Å². The first-order chi connectivity index (χ1) is 7.79. The summed E-state index contributed by atoms with van der Waals surface area (Å²) in [6.07, 6.45) is 5.12. The van der Waals surface area contributed by atoms with Crippen LogP contribution in [0.4, 0.5) is 0 Å². The van der Waals surface area contributed by atoms with E-state index in [-0.39, 0.29) is 5.97 Å². The largest absolute Gasteiger partial charge is 0.468 e. The van der Waals surface area contributed by atoms with Crippen LogP contribution in [0.2, 0.25) is 0 Å². The van der Waals surface area contributed by atoms with Crippen molar-refractivity contribution in [2.75, 3.05) is 33.3 Å². The molecule has 0 aromatic carbocycles. The first kappa shape index (κ1) is 11.9. The summed E-state index contributed by atoms with van der Waals surface area (Å²) in [5.41, 5.74) is 0. The van der Waals surface area contributed by atoms with E-state index in [9.17, 15) is 4.79 Å². The van der Waals surface area contributed by atoms with E-state index in [1.165, 1.54) is 32.8 Å². The van der Waals surface area contributed by atoms with E-state index in [0.717, 1.165) is 25.6 Å². The number of carbonyl (C=O) groups is 1. The summed E-state index contributed by atoms with van der Waals surface area (Å²) in [5, 5.41) is 3.57. The van der Waals surface area contributed by atoms with Crippen molar-refractivity contribution < 1.29 is 9.53 Å². The molecule has 2 atom stereocenters. The molecule has 4 nitrogen and oxygen atoms in total. The monoisotopic (exact) mass is 226 g/mol. The molecule has 2 heterocycles. The molecule has 0 saturated carbocycles. The van der Waals surface area contributed by atoms with Crippen molar-refractivity contribution >= 4 is 5.97 Å². The van der Waals surface area contributed by atoms with E-state index in [2.05, 4.69) is 10.2 Å². The molecule has 2 rings (SSSR count). The van der Waals surface area contributed by atoms with Gasteiger partial charge in [-0.1, -0.05) is 0 Å². The summed E-state index contributed by atoms with van der Waals surface area (Å²) in [7, 11) is 1.46. The Balaban J connectivity index is 1.81. The normalized spacial score (nSPS) is 31.6. The number of piperidine rings is 1. The molecule has 2 aliphatic heterocycles. The van der Waals surface area contributed by atoms with Crippen molar-refractivity contribution in [3.8, 4) is 0 Å². The van der Waals surface area contributed by atoms with Crippen LogP contribution in [0.3, 0.4) is 0 Å². The molecule has 0 aliphatic carbocycles. The predicted molar refractivity (Wildman–Crippen MR) is 62.2 cm³/mol. The Morgan fingerprint density at radius 3 is 3.00 bits per heavy atom. The summed E-state index contributed by atoms with van der Waals surface area (Å²) in [5.74, 6) is 0.612. The van der Waals surface area contributed by atoms with Gasteiger partial charge in [-0.25, -0.2) is 0 Å². The lowest BCUT2D eigenvalue weighted by Crippen LogP contribution is -2.45. The third-order valence-corrected chi connectivity index (χ3v) is 3.79. The number of nitrogens with one attached hydrogen (secondary N) is 1. The van der Waals surface area contributed by atoms with E-state index in [1.54, 1.807) is 0 Å². The fourth-order valence-corrected chi connectivity index (χ4v) is 2.92. The van der Waals surface area contributed by atoms with Crippen LogP contribution in [0.15, 0.2) is 0 Å². The third-order valence-electron chi connectivity index (χ3n) is 3.79.